The van der Waals surface area contributed by atoms with Gasteiger partial charge in [-0.25, -0.2) is 4.79 Å². The lowest BCUT2D eigenvalue weighted by atomic mass is 10.2. The van der Waals surface area contributed by atoms with Crippen molar-refractivity contribution in [1.82, 2.24) is 14.8 Å². The molecule has 0 aliphatic carbocycles. The molecular weight excluding hydrogens is 436 g/mol. The Morgan fingerprint density at radius 3 is 2.65 bits per heavy atom. The van der Waals surface area contributed by atoms with E-state index in [1.807, 2.05) is 48.7 Å². The maximum absolute atomic E-state index is 12.6. The van der Waals surface area contributed by atoms with Crippen molar-refractivity contribution in [2.24, 2.45) is 0 Å². The van der Waals surface area contributed by atoms with E-state index in [9.17, 15) is 14.9 Å². The van der Waals surface area contributed by atoms with E-state index < -0.39 is 6.09 Å². The fourth-order valence-electron chi connectivity index (χ4n) is 2.83. The number of carbonyl (C=O) groups excluding carboxylic acids is 2. The number of nitrogens with one attached hydrogen (secondary N) is 2. The van der Waals surface area contributed by atoms with Crippen LogP contribution in [0.5, 0.6) is 0 Å². The van der Waals surface area contributed by atoms with Gasteiger partial charge in [0.2, 0.25) is 11.0 Å². The average Bonchev–Trinajstić information content (AvgIpc) is 3.29. The van der Waals surface area contributed by atoms with Gasteiger partial charge in [0.15, 0.2) is 4.34 Å². The molecule has 11 heteroatoms. The Morgan fingerprint density at radius 1 is 1.23 bits per heavy atom. The third-order valence-corrected chi connectivity index (χ3v) is 6.29. The van der Waals surface area contributed by atoms with Gasteiger partial charge in [0.05, 0.1) is 17.9 Å². The van der Waals surface area contributed by atoms with Gasteiger partial charge >= 0.3 is 6.09 Å². The Kier molecular flexibility index (Phi) is 7.28. The van der Waals surface area contributed by atoms with Crippen LogP contribution >= 0.6 is 23.1 Å². The molecule has 0 saturated carbocycles. The number of hydrogen-bond acceptors (Lipinski definition) is 8. The normalized spacial score (nSPS) is 10.4. The van der Waals surface area contributed by atoms with Crippen LogP contribution in [0.2, 0.25) is 0 Å². The average molecular weight is 457 g/mol. The van der Waals surface area contributed by atoms with Crippen LogP contribution in [0.25, 0.3) is 5.69 Å². The summed E-state index contributed by atoms with van der Waals surface area (Å²) >= 11 is 2.32. The highest BCUT2D eigenvalue weighted by Gasteiger charge is 2.21. The molecule has 3 rings (SSSR count). The van der Waals surface area contributed by atoms with E-state index in [0.717, 1.165) is 28.3 Å². The number of ether oxygens (including phenoxy) is 1. The number of para-hydroxylation sites is 1. The molecule has 2 heterocycles. The fraction of sp³-hybridized carbons (Fsp3) is 0.250. The largest absolute Gasteiger partial charge is 0.450 e. The third kappa shape index (κ3) is 5.22. The fourth-order valence-corrected chi connectivity index (χ4v) is 4.37. The van der Waals surface area contributed by atoms with Crippen molar-refractivity contribution in [1.29, 1.82) is 5.26 Å². The van der Waals surface area contributed by atoms with Crippen molar-refractivity contribution in [3.05, 3.63) is 47.2 Å². The van der Waals surface area contributed by atoms with Crippen LogP contribution in [0.1, 0.15) is 23.7 Å². The van der Waals surface area contributed by atoms with Gasteiger partial charge in [0.1, 0.15) is 11.9 Å². The number of nitrogens with zero attached hydrogens (tertiary/aromatic N) is 4. The molecule has 1 aromatic carbocycles. The Morgan fingerprint density at radius 2 is 1.97 bits per heavy atom. The second-order valence-electron chi connectivity index (χ2n) is 6.27. The lowest BCUT2D eigenvalue weighted by molar-refractivity contribution is -0.113. The molecule has 0 aliphatic rings. The van der Waals surface area contributed by atoms with Crippen LogP contribution in [0.4, 0.5) is 15.7 Å². The summed E-state index contributed by atoms with van der Waals surface area (Å²) in [5, 5.41) is 23.1. The Hall–Kier alpha value is -3.36. The molecule has 0 atom stereocenters. The molecule has 0 spiro atoms. The summed E-state index contributed by atoms with van der Waals surface area (Å²) in [6, 6.07) is 11.7. The first-order valence-electron chi connectivity index (χ1n) is 9.32. The lowest BCUT2D eigenvalue weighted by Gasteiger charge is -2.13. The number of anilines is 2. The summed E-state index contributed by atoms with van der Waals surface area (Å²) in [5.74, 6) is 0.222. The first kappa shape index (κ1) is 22.3. The van der Waals surface area contributed by atoms with E-state index in [1.54, 1.807) is 6.92 Å². The highest BCUT2D eigenvalue weighted by molar-refractivity contribution is 8.01. The highest BCUT2D eigenvalue weighted by atomic mass is 32.2. The number of rotatable bonds is 7. The van der Waals surface area contributed by atoms with E-state index in [2.05, 4.69) is 26.9 Å². The van der Waals surface area contributed by atoms with Gasteiger partial charge in [0.25, 0.3) is 0 Å². The summed E-state index contributed by atoms with van der Waals surface area (Å²) in [6.45, 7) is 5.72. The van der Waals surface area contributed by atoms with Crippen molar-refractivity contribution >= 4 is 46.0 Å². The SMILES string of the molecule is CCOC(=O)Nc1nnc(SCC(=O)Nc2c(C#N)c(C)c(C)n2-c2ccccc2)s1. The molecule has 9 nitrogen and oxygen atoms in total. The lowest BCUT2D eigenvalue weighted by Crippen LogP contribution is -2.17. The zero-order valence-electron chi connectivity index (χ0n) is 17.1. The molecule has 2 amide bonds. The molecule has 0 unspecified atom stereocenters. The number of thioether (sulfide) groups is 1. The van der Waals surface area contributed by atoms with Crippen LogP contribution in [0, 0.1) is 25.2 Å². The molecule has 0 radical (unpaired) electrons. The molecule has 0 fully saturated rings. The number of nitriles is 1. The van der Waals surface area contributed by atoms with Gasteiger partial charge < -0.3 is 10.1 Å². The molecule has 2 N–H and O–H groups in total. The first-order chi connectivity index (χ1) is 14.9. The van der Waals surface area contributed by atoms with E-state index >= 15 is 0 Å². The molecule has 0 saturated heterocycles. The minimum absolute atomic E-state index is 0.0664. The van der Waals surface area contributed by atoms with Crippen LogP contribution < -0.4 is 10.6 Å². The summed E-state index contributed by atoms with van der Waals surface area (Å²) in [5.41, 5.74) is 2.97. The van der Waals surface area contributed by atoms with Crippen LogP contribution in [-0.4, -0.2) is 39.1 Å². The standard InChI is InChI=1S/C20H20N6O3S2/c1-4-29-19(28)23-18-24-25-20(31-18)30-11-16(27)22-17-15(10-21)12(2)13(3)26(17)14-8-6-5-7-9-14/h5-9H,4,11H2,1-3H3,(H,22,27)(H,23,24,28). The van der Waals surface area contributed by atoms with E-state index in [-0.39, 0.29) is 23.4 Å². The second kappa shape index (κ2) is 10.1. The minimum Gasteiger partial charge on any atom is -0.450 e. The van der Waals surface area contributed by atoms with Gasteiger partial charge in [0, 0.05) is 11.4 Å². The monoisotopic (exact) mass is 456 g/mol. The third-order valence-electron chi connectivity index (χ3n) is 4.32. The Bertz CT molecular complexity index is 1130. The Balaban J connectivity index is 1.72. The molecule has 31 heavy (non-hydrogen) atoms. The van der Waals surface area contributed by atoms with E-state index in [4.69, 9.17) is 4.74 Å². The van der Waals surface area contributed by atoms with Crippen molar-refractivity contribution in [3.63, 3.8) is 0 Å². The van der Waals surface area contributed by atoms with Crippen molar-refractivity contribution in [2.75, 3.05) is 23.0 Å². The number of benzene rings is 1. The second-order valence-corrected chi connectivity index (χ2v) is 8.47. The van der Waals surface area contributed by atoms with Gasteiger partial charge in [-0.3, -0.25) is 14.7 Å². The summed E-state index contributed by atoms with van der Waals surface area (Å²) < 4.78 is 7.18. The smallest absolute Gasteiger partial charge is 0.413 e. The maximum atomic E-state index is 12.6. The molecular formula is C20H20N6O3S2. The van der Waals surface area contributed by atoms with Crippen molar-refractivity contribution < 1.29 is 14.3 Å². The van der Waals surface area contributed by atoms with Crippen LogP contribution in [-0.2, 0) is 9.53 Å². The predicted molar refractivity (Wildman–Crippen MR) is 120 cm³/mol. The summed E-state index contributed by atoms with van der Waals surface area (Å²) in [4.78, 5) is 24.1. The first-order valence-corrected chi connectivity index (χ1v) is 11.1. The van der Waals surface area contributed by atoms with E-state index in [0.29, 0.717) is 15.7 Å². The minimum atomic E-state index is -0.607. The number of amides is 2. The van der Waals surface area contributed by atoms with E-state index in [1.165, 1.54) is 11.8 Å². The number of hydrogen-bond donors (Lipinski definition) is 2. The number of aromatic nitrogens is 3. The molecule has 2 aromatic heterocycles. The van der Waals surface area contributed by atoms with Gasteiger partial charge in [-0.05, 0) is 38.5 Å². The molecule has 160 valence electrons. The molecule has 0 aliphatic heterocycles. The topological polar surface area (TPSA) is 122 Å². The van der Waals surface area contributed by atoms with Crippen molar-refractivity contribution in [3.8, 4) is 11.8 Å². The van der Waals surface area contributed by atoms with Crippen LogP contribution in [0.3, 0.4) is 0 Å². The van der Waals surface area contributed by atoms with Gasteiger partial charge in [-0.1, -0.05) is 41.3 Å². The van der Waals surface area contributed by atoms with Gasteiger partial charge in [-0.15, -0.1) is 10.2 Å². The predicted octanol–water partition coefficient (Wildman–Crippen LogP) is 4.12. The van der Waals surface area contributed by atoms with Gasteiger partial charge in [-0.2, -0.15) is 5.26 Å². The highest BCUT2D eigenvalue weighted by Crippen LogP contribution is 2.31. The zero-order chi connectivity index (χ0) is 22.4. The zero-order valence-corrected chi connectivity index (χ0v) is 18.8. The number of carbonyl (C=O) groups is 2. The molecule has 0 bridgehead atoms. The molecule has 3 aromatic rings. The van der Waals surface area contributed by atoms with Crippen LogP contribution in [0.15, 0.2) is 34.7 Å². The summed E-state index contributed by atoms with van der Waals surface area (Å²) in [7, 11) is 0. The quantitative estimate of drug-likeness (QED) is 0.405. The van der Waals surface area contributed by atoms with Crippen molar-refractivity contribution in [2.45, 2.75) is 25.1 Å². The maximum Gasteiger partial charge on any atom is 0.413 e. The summed E-state index contributed by atoms with van der Waals surface area (Å²) in [6.07, 6.45) is -0.607. The Labute approximate surface area is 187 Å².